The summed E-state index contributed by atoms with van der Waals surface area (Å²) in [6.07, 6.45) is 2.56. The van der Waals surface area contributed by atoms with Gasteiger partial charge in [0.2, 0.25) is 5.91 Å². The van der Waals surface area contributed by atoms with E-state index in [9.17, 15) is 9.18 Å². The summed E-state index contributed by atoms with van der Waals surface area (Å²) < 4.78 is 12.4. The number of azide groups is 1. The average molecular weight is 191 g/mol. The fraction of sp³-hybridized carbons (Fsp3) is 0. The Labute approximate surface area is 79.3 Å². The molecule has 0 N–H and O–H groups in total. The quantitative estimate of drug-likeness (QED) is 0.306. The Bertz CT molecular complexity index is 405. The second-order valence-corrected chi connectivity index (χ2v) is 2.41. The fourth-order valence-corrected chi connectivity index (χ4v) is 0.819. The third-order valence-electron chi connectivity index (χ3n) is 1.43. The summed E-state index contributed by atoms with van der Waals surface area (Å²) in [5.41, 5.74) is 8.58. The predicted octanol–water partition coefficient (Wildman–Crippen LogP) is 2.68. The van der Waals surface area contributed by atoms with Crippen molar-refractivity contribution in [3.8, 4) is 0 Å². The summed E-state index contributed by atoms with van der Waals surface area (Å²) >= 11 is 0. The molecule has 0 fully saturated rings. The number of hydrogen-bond donors (Lipinski definition) is 0. The minimum absolute atomic E-state index is 0.344. The van der Waals surface area contributed by atoms with E-state index in [1.807, 2.05) is 0 Å². The van der Waals surface area contributed by atoms with Gasteiger partial charge < -0.3 is 0 Å². The summed E-state index contributed by atoms with van der Waals surface area (Å²) in [5, 5.41) is 2.84. The smallest absolute Gasteiger partial charge is 0.242 e. The van der Waals surface area contributed by atoms with Crippen molar-refractivity contribution >= 4 is 12.0 Å². The number of amides is 1. The first-order valence-electron chi connectivity index (χ1n) is 3.75. The monoisotopic (exact) mass is 191 g/mol. The maximum absolute atomic E-state index is 12.4. The summed E-state index contributed by atoms with van der Waals surface area (Å²) in [6, 6.07) is 5.57. The number of halogens is 1. The van der Waals surface area contributed by atoms with Gasteiger partial charge in [0.25, 0.3) is 0 Å². The van der Waals surface area contributed by atoms with Gasteiger partial charge in [-0.05, 0) is 34.4 Å². The van der Waals surface area contributed by atoms with Crippen molar-refractivity contribution in [3.63, 3.8) is 0 Å². The van der Waals surface area contributed by atoms with Gasteiger partial charge in [0.05, 0.1) is 0 Å². The molecule has 1 rings (SSSR count). The van der Waals surface area contributed by atoms with Crippen LogP contribution in [0.25, 0.3) is 16.5 Å². The van der Waals surface area contributed by atoms with E-state index in [1.165, 1.54) is 30.3 Å². The highest BCUT2D eigenvalue weighted by Gasteiger charge is 1.91. The van der Waals surface area contributed by atoms with E-state index in [-0.39, 0.29) is 5.82 Å². The Morgan fingerprint density at radius 1 is 1.43 bits per heavy atom. The molecule has 0 bridgehead atoms. The molecule has 0 aliphatic heterocycles. The third kappa shape index (κ3) is 3.08. The highest BCUT2D eigenvalue weighted by Crippen LogP contribution is 2.04. The first kappa shape index (κ1) is 9.95. The van der Waals surface area contributed by atoms with Crippen molar-refractivity contribution in [3.05, 3.63) is 52.2 Å². The van der Waals surface area contributed by atoms with E-state index in [4.69, 9.17) is 5.53 Å². The second-order valence-electron chi connectivity index (χ2n) is 2.41. The normalized spacial score (nSPS) is 9.79. The number of nitrogens with zero attached hydrogens (tertiary/aromatic N) is 3. The van der Waals surface area contributed by atoms with E-state index in [1.54, 1.807) is 0 Å². The highest BCUT2D eigenvalue weighted by atomic mass is 19.1. The molecular formula is C9H6FN3O. The van der Waals surface area contributed by atoms with Crippen LogP contribution in [0, 0.1) is 5.82 Å². The van der Waals surface area contributed by atoms with Crippen LogP contribution in [-0.2, 0) is 4.79 Å². The van der Waals surface area contributed by atoms with E-state index in [0.717, 1.165) is 6.08 Å². The fourth-order valence-electron chi connectivity index (χ4n) is 0.819. The van der Waals surface area contributed by atoms with Crippen molar-refractivity contribution < 1.29 is 9.18 Å². The summed E-state index contributed by atoms with van der Waals surface area (Å²) in [7, 11) is 0. The van der Waals surface area contributed by atoms with Crippen LogP contribution in [-0.4, -0.2) is 5.91 Å². The minimum Gasteiger partial charge on any atom is -0.288 e. The molecule has 0 aliphatic rings. The minimum atomic E-state index is -0.683. The van der Waals surface area contributed by atoms with Crippen LogP contribution in [0.1, 0.15) is 5.56 Å². The van der Waals surface area contributed by atoms with Gasteiger partial charge in [-0.3, -0.25) is 4.79 Å². The molecule has 0 saturated carbocycles. The van der Waals surface area contributed by atoms with Crippen LogP contribution in [0.15, 0.2) is 35.5 Å². The maximum atomic E-state index is 12.4. The van der Waals surface area contributed by atoms with Gasteiger partial charge in [-0.15, -0.1) is 0 Å². The van der Waals surface area contributed by atoms with E-state index >= 15 is 0 Å². The largest absolute Gasteiger partial charge is 0.288 e. The van der Waals surface area contributed by atoms with Gasteiger partial charge in [-0.2, -0.15) is 0 Å². The number of rotatable bonds is 2. The number of carbonyl (C=O) groups excluding carboxylic acids is 1. The van der Waals surface area contributed by atoms with Crippen LogP contribution >= 0.6 is 0 Å². The van der Waals surface area contributed by atoms with Gasteiger partial charge in [-0.25, -0.2) is 4.39 Å². The molecule has 14 heavy (non-hydrogen) atoms. The standard InChI is InChI=1S/C9H6FN3O/c10-8-4-1-7(2-5-8)3-6-9(14)12-13-11/h1-6H. The van der Waals surface area contributed by atoms with Crippen LogP contribution in [0.5, 0.6) is 0 Å². The van der Waals surface area contributed by atoms with Crippen LogP contribution < -0.4 is 0 Å². The molecule has 0 unspecified atom stereocenters. The highest BCUT2D eigenvalue weighted by molar-refractivity contribution is 5.92. The molecule has 0 atom stereocenters. The van der Waals surface area contributed by atoms with E-state index < -0.39 is 5.91 Å². The predicted molar refractivity (Wildman–Crippen MR) is 49.6 cm³/mol. The number of carbonyl (C=O) groups is 1. The zero-order valence-corrected chi connectivity index (χ0v) is 7.09. The Hall–Kier alpha value is -2.13. The van der Waals surface area contributed by atoms with Gasteiger partial charge >= 0.3 is 0 Å². The summed E-state index contributed by atoms with van der Waals surface area (Å²) in [6.45, 7) is 0. The first-order chi connectivity index (χ1) is 6.72. The molecule has 1 amide bonds. The number of hydrogen-bond acceptors (Lipinski definition) is 1. The number of benzene rings is 1. The Morgan fingerprint density at radius 3 is 2.64 bits per heavy atom. The third-order valence-corrected chi connectivity index (χ3v) is 1.43. The van der Waals surface area contributed by atoms with E-state index in [0.29, 0.717) is 5.56 Å². The molecule has 0 aromatic heterocycles. The molecule has 5 heteroatoms. The van der Waals surface area contributed by atoms with Crippen LogP contribution in [0.3, 0.4) is 0 Å². The molecule has 0 aliphatic carbocycles. The maximum Gasteiger partial charge on any atom is 0.242 e. The Morgan fingerprint density at radius 2 is 2.07 bits per heavy atom. The second kappa shape index (κ2) is 4.79. The lowest BCUT2D eigenvalue weighted by Crippen LogP contribution is -1.82. The van der Waals surface area contributed by atoms with Gasteiger partial charge in [0, 0.05) is 4.91 Å². The molecular weight excluding hydrogens is 185 g/mol. The molecule has 70 valence electrons. The van der Waals surface area contributed by atoms with E-state index in [2.05, 4.69) is 10.0 Å². The van der Waals surface area contributed by atoms with Gasteiger partial charge in [-0.1, -0.05) is 18.2 Å². The Balaban J connectivity index is 2.73. The average Bonchev–Trinajstić information content (AvgIpc) is 2.17. The summed E-state index contributed by atoms with van der Waals surface area (Å²) in [4.78, 5) is 13.0. The molecule has 4 nitrogen and oxygen atoms in total. The van der Waals surface area contributed by atoms with Crippen molar-refractivity contribution in [2.45, 2.75) is 0 Å². The molecule has 0 spiro atoms. The van der Waals surface area contributed by atoms with Crippen molar-refractivity contribution in [1.82, 2.24) is 0 Å². The zero-order chi connectivity index (χ0) is 10.4. The van der Waals surface area contributed by atoms with Gasteiger partial charge in [0.15, 0.2) is 0 Å². The SMILES string of the molecule is [N-]=[N+]=NC(=O)C=Cc1ccc(F)cc1. The molecule has 1 aromatic rings. The lowest BCUT2D eigenvalue weighted by molar-refractivity contribution is -0.113. The molecule has 1 aromatic carbocycles. The summed E-state index contributed by atoms with van der Waals surface area (Å²) in [5.74, 6) is -1.03. The Kier molecular flexibility index (Phi) is 3.41. The lowest BCUT2D eigenvalue weighted by Gasteiger charge is -1.90. The molecule has 0 heterocycles. The van der Waals surface area contributed by atoms with Crippen molar-refractivity contribution in [2.75, 3.05) is 0 Å². The van der Waals surface area contributed by atoms with Crippen LogP contribution in [0.2, 0.25) is 0 Å². The molecule has 0 radical (unpaired) electrons. The lowest BCUT2D eigenvalue weighted by atomic mass is 10.2. The van der Waals surface area contributed by atoms with Crippen LogP contribution in [0.4, 0.5) is 4.39 Å². The zero-order valence-electron chi connectivity index (χ0n) is 7.09. The van der Waals surface area contributed by atoms with Gasteiger partial charge in [0.1, 0.15) is 5.82 Å². The van der Waals surface area contributed by atoms with Crippen molar-refractivity contribution in [1.29, 1.82) is 0 Å². The molecule has 0 saturated heterocycles. The first-order valence-corrected chi connectivity index (χ1v) is 3.75. The topological polar surface area (TPSA) is 65.8 Å². The van der Waals surface area contributed by atoms with Crippen molar-refractivity contribution in [2.24, 2.45) is 5.11 Å².